The van der Waals surface area contributed by atoms with Crippen LogP contribution >= 0.6 is 7.82 Å². The molecule has 8 heteroatoms. The molecule has 0 spiro atoms. The van der Waals surface area contributed by atoms with Crippen molar-refractivity contribution in [2.45, 2.75) is 142 Å². The molecule has 0 aromatic rings. The fraction of sp³-hybridized carbons (Fsp3) is 1.00. The quantitative estimate of drug-likeness (QED) is 0.0960. The van der Waals surface area contributed by atoms with Gasteiger partial charge in [-0.15, -0.1) is 0 Å². The van der Waals surface area contributed by atoms with Gasteiger partial charge in [0.25, 0.3) is 7.82 Å². The average molecular weight is 526 g/mol. The van der Waals surface area contributed by atoms with E-state index in [4.69, 9.17) is 9.05 Å². The second kappa shape index (κ2) is 23.1. The number of phosphoric acid groups is 1. The summed E-state index contributed by atoms with van der Waals surface area (Å²) in [5.74, 6) is 0. The summed E-state index contributed by atoms with van der Waals surface area (Å²) >= 11 is 0. The zero-order valence-electron chi connectivity index (χ0n) is 23.4. The van der Waals surface area contributed by atoms with Crippen LogP contribution in [0.4, 0.5) is 0 Å². The van der Waals surface area contributed by atoms with Crippen LogP contribution in [-0.4, -0.2) is 54.3 Å². The lowest BCUT2D eigenvalue weighted by Gasteiger charge is -2.43. The van der Waals surface area contributed by atoms with Gasteiger partial charge in [0.05, 0.1) is 38.9 Å². The Bertz CT molecular complexity index is 494. The number of phosphoric ester groups is 1. The summed E-state index contributed by atoms with van der Waals surface area (Å²) in [7, 11) is -4.17. The van der Waals surface area contributed by atoms with Crippen molar-refractivity contribution in [3.63, 3.8) is 0 Å². The second-order valence-corrected chi connectivity index (χ2v) is 11.7. The van der Waals surface area contributed by atoms with Crippen LogP contribution in [0.25, 0.3) is 0 Å². The van der Waals surface area contributed by atoms with Crippen LogP contribution in [0.1, 0.15) is 136 Å². The van der Waals surface area contributed by atoms with E-state index in [-0.39, 0.29) is 23.7 Å². The Kier molecular flexibility index (Phi) is 24.5. The first kappa shape index (κ1) is 37.1. The molecule has 1 saturated heterocycles. The summed E-state index contributed by atoms with van der Waals surface area (Å²) in [6.07, 6.45) is 22.3. The smallest absolute Gasteiger partial charge is 0.268 e. The zero-order valence-corrected chi connectivity index (χ0v) is 24.3. The summed E-state index contributed by atoms with van der Waals surface area (Å²) in [4.78, 5) is 12.1. The number of likely N-dealkylation sites (tertiary alicyclic amines) is 1. The Balaban J connectivity index is 0. The van der Waals surface area contributed by atoms with E-state index in [0.29, 0.717) is 0 Å². The van der Waals surface area contributed by atoms with Crippen LogP contribution in [0, 0.1) is 0 Å². The highest BCUT2D eigenvalue weighted by Crippen LogP contribution is 2.42. The number of quaternary nitrogens is 1. The number of piperidine rings is 1. The van der Waals surface area contributed by atoms with Crippen molar-refractivity contribution in [3.8, 4) is 0 Å². The maximum atomic E-state index is 12.1. The van der Waals surface area contributed by atoms with E-state index in [0.717, 1.165) is 56.3 Å². The summed E-state index contributed by atoms with van der Waals surface area (Å²) in [6.45, 7) is 11.2. The first-order chi connectivity index (χ1) is 16.0. The average Bonchev–Trinajstić information content (AvgIpc) is 2.81. The molecule has 0 bridgehead atoms. The number of hydrogen-bond acceptors (Lipinski definition) is 4. The molecule has 4 N–H and O–H groups in total. The standard InChI is InChI=1S/C27H56NO4P.2H2O/c1-4-7-8-9-10-11-12-13-14-15-16-17-18-19-20-21-26-31-33(29,30)32-27-22-24-28(5-2,6-3)25-23-27;;/h27H,4-26H2,1-3H3;2*1H2. The summed E-state index contributed by atoms with van der Waals surface area (Å²) < 4.78 is 23.7. The summed E-state index contributed by atoms with van der Waals surface area (Å²) in [6, 6.07) is 0. The van der Waals surface area contributed by atoms with Gasteiger partial charge in [0.15, 0.2) is 0 Å². The topological polar surface area (TPSA) is 122 Å². The minimum Gasteiger partial charge on any atom is -0.756 e. The van der Waals surface area contributed by atoms with E-state index in [9.17, 15) is 9.46 Å². The fourth-order valence-electron chi connectivity index (χ4n) is 5.09. The first-order valence-corrected chi connectivity index (χ1v) is 15.9. The molecule has 0 radical (unpaired) electrons. The van der Waals surface area contributed by atoms with Gasteiger partial charge in [0.1, 0.15) is 0 Å². The van der Waals surface area contributed by atoms with Crippen molar-refractivity contribution in [2.24, 2.45) is 0 Å². The molecule has 1 heterocycles. The van der Waals surface area contributed by atoms with Gasteiger partial charge < -0.3 is 29.4 Å². The van der Waals surface area contributed by atoms with Gasteiger partial charge in [-0.1, -0.05) is 103 Å². The molecule has 1 rings (SSSR count). The highest BCUT2D eigenvalue weighted by atomic mass is 31.2. The maximum absolute atomic E-state index is 12.1. The molecule has 0 aromatic heterocycles. The normalized spacial score (nSPS) is 17.4. The predicted octanol–water partition coefficient (Wildman–Crippen LogP) is 6.12. The van der Waals surface area contributed by atoms with Gasteiger partial charge in [-0.2, -0.15) is 0 Å². The van der Waals surface area contributed by atoms with E-state index in [1.54, 1.807) is 0 Å². The minimum atomic E-state index is -4.17. The van der Waals surface area contributed by atoms with Gasteiger partial charge >= 0.3 is 0 Å². The van der Waals surface area contributed by atoms with Gasteiger partial charge in [0.2, 0.25) is 0 Å². The molecule has 0 amide bonds. The second-order valence-electron chi connectivity index (χ2n) is 10.3. The molecule has 1 aliphatic heterocycles. The predicted molar refractivity (Wildman–Crippen MR) is 146 cm³/mol. The maximum Gasteiger partial charge on any atom is 0.268 e. The third-order valence-electron chi connectivity index (χ3n) is 7.72. The van der Waals surface area contributed by atoms with Crippen LogP contribution in [0.5, 0.6) is 0 Å². The number of nitrogens with zero attached hydrogens (tertiary/aromatic N) is 1. The zero-order chi connectivity index (χ0) is 24.3. The van der Waals surface area contributed by atoms with E-state index < -0.39 is 7.82 Å². The van der Waals surface area contributed by atoms with E-state index >= 15 is 0 Å². The molecule has 7 nitrogen and oxygen atoms in total. The van der Waals surface area contributed by atoms with Crippen molar-refractivity contribution in [1.82, 2.24) is 0 Å². The largest absolute Gasteiger partial charge is 0.756 e. The molecule has 1 unspecified atom stereocenters. The Morgan fingerprint density at radius 3 is 1.43 bits per heavy atom. The Morgan fingerprint density at radius 1 is 0.686 bits per heavy atom. The minimum absolute atomic E-state index is 0. The summed E-state index contributed by atoms with van der Waals surface area (Å²) in [5.41, 5.74) is 0. The van der Waals surface area contributed by atoms with Crippen LogP contribution in [0.2, 0.25) is 0 Å². The molecule has 0 saturated carbocycles. The summed E-state index contributed by atoms with van der Waals surface area (Å²) in [5, 5.41) is 0. The van der Waals surface area contributed by atoms with Crippen LogP contribution in [-0.2, 0) is 13.6 Å². The lowest BCUT2D eigenvalue weighted by molar-refractivity contribution is -0.930. The lowest BCUT2D eigenvalue weighted by Crippen LogP contribution is -2.54. The van der Waals surface area contributed by atoms with E-state index in [1.165, 1.54) is 89.9 Å². The third kappa shape index (κ3) is 18.8. The first-order valence-electron chi connectivity index (χ1n) is 14.5. The molecule has 35 heavy (non-hydrogen) atoms. The van der Waals surface area contributed by atoms with Gasteiger partial charge in [-0.05, 0) is 20.3 Å². The fourth-order valence-corrected chi connectivity index (χ4v) is 6.08. The Labute approximate surface area is 217 Å². The molecule has 1 fully saturated rings. The Hall–Kier alpha value is -0.0100. The van der Waals surface area contributed by atoms with Crippen molar-refractivity contribution in [1.29, 1.82) is 0 Å². The van der Waals surface area contributed by atoms with Crippen LogP contribution in [0.15, 0.2) is 0 Å². The van der Waals surface area contributed by atoms with Crippen molar-refractivity contribution < 1.29 is 33.9 Å². The lowest BCUT2D eigenvalue weighted by atomic mass is 10.0. The van der Waals surface area contributed by atoms with Crippen molar-refractivity contribution in [2.75, 3.05) is 32.8 Å². The highest BCUT2D eigenvalue weighted by Gasteiger charge is 2.33. The van der Waals surface area contributed by atoms with E-state index in [1.807, 2.05) is 0 Å². The SMILES string of the molecule is CCCCCCCCCCCCCCCCCCOP(=O)([O-])OC1CC[N+](CC)(CC)CC1.O.O. The van der Waals surface area contributed by atoms with E-state index in [2.05, 4.69) is 20.8 Å². The van der Waals surface area contributed by atoms with Crippen molar-refractivity contribution in [3.05, 3.63) is 0 Å². The number of unbranched alkanes of at least 4 members (excludes halogenated alkanes) is 15. The van der Waals surface area contributed by atoms with Crippen molar-refractivity contribution >= 4 is 7.82 Å². The number of hydrogen-bond donors (Lipinski definition) is 0. The molecular weight excluding hydrogens is 465 g/mol. The third-order valence-corrected chi connectivity index (χ3v) is 8.77. The molecule has 214 valence electrons. The highest BCUT2D eigenvalue weighted by molar-refractivity contribution is 7.45. The van der Waals surface area contributed by atoms with Crippen LogP contribution in [0.3, 0.4) is 0 Å². The molecular formula is C27H60NO6P. The monoisotopic (exact) mass is 525 g/mol. The molecule has 1 atom stereocenters. The Morgan fingerprint density at radius 2 is 1.06 bits per heavy atom. The molecule has 1 aliphatic rings. The van der Waals surface area contributed by atoms with Gasteiger partial charge in [-0.3, -0.25) is 4.57 Å². The van der Waals surface area contributed by atoms with Crippen LogP contribution < -0.4 is 4.89 Å². The molecule has 0 aliphatic carbocycles. The number of rotatable bonds is 22. The molecule has 0 aromatic carbocycles. The van der Waals surface area contributed by atoms with Gasteiger partial charge in [0, 0.05) is 12.8 Å². The van der Waals surface area contributed by atoms with Gasteiger partial charge in [-0.25, -0.2) is 0 Å².